The number of carbonyl (C=O) groups excluding carboxylic acids is 9. The first-order valence-corrected chi connectivity index (χ1v) is 23.8. The Kier molecular flexibility index (Phi) is 26.7. The Morgan fingerprint density at radius 2 is 0.883 bits per heavy atom. The summed E-state index contributed by atoms with van der Waals surface area (Å²) < 4.78 is 0. The maximum Gasteiger partial charge on any atom is 0.326 e. The number of aliphatic carboxylic acids is 3. The van der Waals surface area contributed by atoms with Crippen molar-refractivity contribution in [3.8, 4) is 0 Å². The van der Waals surface area contributed by atoms with Crippen LogP contribution in [0.1, 0.15) is 71.7 Å². The van der Waals surface area contributed by atoms with Gasteiger partial charge in [0.1, 0.15) is 54.4 Å². The summed E-state index contributed by atoms with van der Waals surface area (Å²) in [7, 11) is 0. The molecule has 20 N–H and O–H groups in total. The molecule has 33 nitrogen and oxygen atoms in total. The van der Waals surface area contributed by atoms with Crippen molar-refractivity contribution < 1.29 is 93.3 Å². The zero-order valence-electron chi connectivity index (χ0n) is 42.5. The lowest BCUT2D eigenvalue weighted by Crippen LogP contribution is -2.64. The Morgan fingerprint density at radius 3 is 1.29 bits per heavy atom. The lowest BCUT2D eigenvalue weighted by molar-refractivity contribution is -0.142. The number of aromatic amines is 2. The number of H-pyrrole nitrogens is 2. The fourth-order valence-corrected chi connectivity index (χ4v) is 6.88. The van der Waals surface area contributed by atoms with Crippen LogP contribution in [0, 0.1) is 5.92 Å². The minimum atomic E-state index is -2.03. The number of nitrogens with two attached hydrogens (primary N) is 1. The molecule has 0 bridgehead atoms. The number of carbonyl (C=O) groups is 12. The third-order valence-corrected chi connectivity index (χ3v) is 11.2. The van der Waals surface area contributed by atoms with E-state index in [2.05, 4.69) is 67.8 Å². The van der Waals surface area contributed by atoms with Gasteiger partial charge in [-0.1, -0.05) is 13.8 Å². The third kappa shape index (κ3) is 22.3. The molecule has 2 rings (SSSR count). The maximum atomic E-state index is 13.7. The van der Waals surface area contributed by atoms with E-state index < -0.39 is 189 Å². The second kappa shape index (κ2) is 31.7. The molecule has 33 heteroatoms. The molecule has 0 radical (unpaired) electrons. The topological polar surface area (TPSA) is 538 Å². The number of hydrogen-bond donors (Lipinski definition) is 19. The predicted molar refractivity (Wildman–Crippen MR) is 259 cm³/mol. The number of aromatic nitrogens is 4. The number of nitrogens with one attached hydrogen (secondary N) is 11. The van der Waals surface area contributed by atoms with Crippen molar-refractivity contribution in [2.24, 2.45) is 11.7 Å². The second-order valence-corrected chi connectivity index (χ2v) is 18.0. The normalized spacial score (nSPS) is 15.8. The van der Waals surface area contributed by atoms with Crippen LogP contribution in [0.15, 0.2) is 25.0 Å². The zero-order chi connectivity index (χ0) is 58.3. The summed E-state index contributed by atoms with van der Waals surface area (Å²) in [6.45, 7) is 4.39. The summed E-state index contributed by atoms with van der Waals surface area (Å²) >= 11 is 0. The molecular weight excluding hydrogens is 1030 g/mol. The van der Waals surface area contributed by atoms with Crippen LogP contribution in [0.3, 0.4) is 0 Å². The molecule has 0 aliphatic heterocycles. The number of carboxylic acid groups (broad SMARTS) is 3. The largest absolute Gasteiger partial charge is 0.481 e. The summed E-state index contributed by atoms with van der Waals surface area (Å²) in [6, 6.07) is -15.3. The number of aliphatic hydroxyl groups excluding tert-OH is 4. The van der Waals surface area contributed by atoms with E-state index in [1.807, 2.05) is 0 Å². The minimum Gasteiger partial charge on any atom is -0.481 e. The molecule has 0 aliphatic rings. The Labute approximate surface area is 438 Å². The molecule has 12 atom stereocenters. The number of hydrogen-bond acceptors (Lipinski definition) is 19. The van der Waals surface area contributed by atoms with Gasteiger partial charge in [0.05, 0.1) is 44.1 Å². The van der Waals surface area contributed by atoms with Gasteiger partial charge in [-0.2, -0.15) is 0 Å². The van der Waals surface area contributed by atoms with Gasteiger partial charge in [-0.25, -0.2) is 14.8 Å². The fourth-order valence-electron chi connectivity index (χ4n) is 6.88. The number of imidazole rings is 2. The number of rotatable bonds is 34. The van der Waals surface area contributed by atoms with Crippen molar-refractivity contribution in [2.45, 2.75) is 146 Å². The highest BCUT2D eigenvalue weighted by Crippen LogP contribution is 2.09. The van der Waals surface area contributed by atoms with Crippen LogP contribution < -0.4 is 53.6 Å². The van der Waals surface area contributed by atoms with Gasteiger partial charge in [-0.3, -0.25) is 52.7 Å². The van der Waals surface area contributed by atoms with E-state index in [1.54, 1.807) is 0 Å². The third-order valence-electron chi connectivity index (χ3n) is 11.2. The van der Waals surface area contributed by atoms with Crippen molar-refractivity contribution in [1.29, 1.82) is 0 Å². The van der Waals surface area contributed by atoms with Gasteiger partial charge in [0.25, 0.3) is 0 Å². The molecule has 2 aromatic rings. The van der Waals surface area contributed by atoms with Gasteiger partial charge < -0.3 is 99.3 Å². The monoisotopic (exact) mass is 1100 g/mol. The molecule has 0 aromatic carbocycles. The van der Waals surface area contributed by atoms with Crippen molar-refractivity contribution in [1.82, 2.24) is 67.8 Å². The molecule has 0 saturated heterocycles. The van der Waals surface area contributed by atoms with Crippen LogP contribution in [-0.2, 0) is 70.4 Å². The number of nitrogens with zero attached hydrogens (tertiary/aromatic N) is 2. The summed E-state index contributed by atoms with van der Waals surface area (Å²) in [5.74, 6) is -15.2. The van der Waals surface area contributed by atoms with Crippen LogP contribution in [0.5, 0.6) is 0 Å². The van der Waals surface area contributed by atoms with Gasteiger partial charge in [0, 0.05) is 49.5 Å². The number of aliphatic hydroxyl groups is 4. The Morgan fingerprint density at radius 1 is 0.506 bits per heavy atom. The first-order chi connectivity index (χ1) is 36.1. The van der Waals surface area contributed by atoms with Crippen LogP contribution in [0.25, 0.3) is 0 Å². The van der Waals surface area contributed by atoms with E-state index in [9.17, 15) is 88.2 Å². The molecule has 0 spiro atoms. The van der Waals surface area contributed by atoms with Crippen LogP contribution in [0.4, 0.5) is 0 Å². The summed E-state index contributed by atoms with van der Waals surface area (Å²) in [5.41, 5.74) is 6.24. The average molecular weight is 1100 g/mol. The summed E-state index contributed by atoms with van der Waals surface area (Å²) in [5, 5.41) is 89.1. The van der Waals surface area contributed by atoms with Crippen LogP contribution in [-0.4, -0.2) is 213 Å². The van der Waals surface area contributed by atoms with E-state index in [1.165, 1.54) is 38.9 Å². The molecular formula is C44H68N14O19. The number of carboxylic acids is 3. The Balaban J connectivity index is 2.20. The maximum absolute atomic E-state index is 13.7. The van der Waals surface area contributed by atoms with Crippen molar-refractivity contribution in [3.63, 3.8) is 0 Å². The molecule has 9 amide bonds. The molecule has 0 aliphatic carbocycles. The highest BCUT2D eigenvalue weighted by atomic mass is 16.4. The highest BCUT2D eigenvalue weighted by Gasteiger charge is 2.38. The van der Waals surface area contributed by atoms with Crippen molar-refractivity contribution in [2.75, 3.05) is 13.2 Å². The van der Waals surface area contributed by atoms with E-state index in [-0.39, 0.29) is 12.8 Å². The summed E-state index contributed by atoms with van der Waals surface area (Å²) in [6.07, 6.45) is -3.10. The van der Waals surface area contributed by atoms with Crippen LogP contribution in [0.2, 0.25) is 0 Å². The lowest BCUT2D eigenvalue weighted by atomic mass is 10.0. The summed E-state index contributed by atoms with van der Waals surface area (Å²) in [4.78, 5) is 168. The quantitative estimate of drug-likeness (QED) is 0.0309. The fraction of sp³-hybridized carbons (Fsp3) is 0.591. The van der Waals surface area contributed by atoms with Gasteiger partial charge in [-0.05, 0) is 39.5 Å². The van der Waals surface area contributed by atoms with E-state index in [0.717, 1.165) is 20.8 Å². The Bertz CT molecular complexity index is 2350. The molecule has 77 heavy (non-hydrogen) atoms. The molecule has 0 saturated carbocycles. The molecule has 428 valence electrons. The van der Waals surface area contributed by atoms with Gasteiger partial charge in [-0.15, -0.1) is 0 Å². The molecule has 2 aromatic heterocycles. The first kappa shape index (κ1) is 65.0. The van der Waals surface area contributed by atoms with Gasteiger partial charge in [0.15, 0.2) is 0 Å². The first-order valence-electron chi connectivity index (χ1n) is 23.8. The minimum absolute atomic E-state index is 0.184. The van der Waals surface area contributed by atoms with Crippen LogP contribution >= 0.6 is 0 Å². The predicted octanol–water partition coefficient (Wildman–Crippen LogP) is -8.16. The zero-order valence-corrected chi connectivity index (χ0v) is 42.5. The van der Waals surface area contributed by atoms with E-state index in [4.69, 9.17) is 10.8 Å². The van der Waals surface area contributed by atoms with Gasteiger partial charge >= 0.3 is 17.9 Å². The second-order valence-electron chi connectivity index (χ2n) is 18.0. The molecule has 2 heterocycles. The Hall–Kier alpha value is -8.14. The SMILES string of the molecule is CC(C)[C@H](NC(=O)CNC(=O)[C@@H](NC(=O)[C@@H](NC(=O)[C@@H](NC(=O)[C@H](CCC(=O)O)NC(=O)[C@H](CCC(=O)O)NC(=O)[C@@H](N)CO)[C@@H](C)O)[C@@H](C)O)[C@@H](C)O)C(=O)N[C@@H](Cc1cnc[nH]1)C(=O)N[C@@H](Cc1cnc[nH]1)C(=O)O. The van der Waals surface area contributed by atoms with Crippen molar-refractivity contribution >= 4 is 71.1 Å². The number of amides is 9. The lowest BCUT2D eigenvalue weighted by Gasteiger charge is -2.29. The van der Waals surface area contributed by atoms with E-state index >= 15 is 0 Å². The van der Waals surface area contributed by atoms with Gasteiger partial charge in [0.2, 0.25) is 53.2 Å². The average Bonchev–Trinajstić information content (AvgIpc) is 4.08. The molecule has 0 fully saturated rings. The smallest absolute Gasteiger partial charge is 0.326 e. The van der Waals surface area contributed by atoms with E-state index in [0.29, 0.717) is 11.4 Å². The van der Waals surface area contributed by atoms with Crippen molar-refractivity contribution in [3.05, 3.63) is 36.4 Å². The highest BCUT2D eigenvalue weighted by molar-refractivity contribution is 5.98. The molecule has 0 unspecified atom stereocenters. The standard InChI is InChI=1S/C44H68N14O19/c1-18(2)32(41(73)53-27(10-22-12-46-16-49-22)39(71)54-28(44(76)77)11-23-13-47-17-50-23)55-29(63)14-48-40(72)33(19(3)60)57-43(75)35(21(5)62)58-42(74)34(20(4)61)56-38(70)26(7-9-31(66)67)52-37(69)25(6-8-30(64)65)51-36(68)24(45)15-59/h12-13,16-21,24-28,32-35,59-62H,6-11,14-15,45H2,1-5H3,(H,46,49)(H,47,50)(H,48,72)(H,51,68)(H,52,69)(H,53,73)(H,54,71)(H,55,63)(H,56,70)(H,57,75)(H,58,74)(H,64,65)(H,66,67)(H,76,77)/t19-,20-,21-,24+,25+,26+,27+,28+,32+,33+,34+,35+/m1/s1.